The predicted octanol–water partition coefficient (Wildman–Crippen LogP) is 2.88. The Kier molecular flexibility index (Phi) is 2.94. The minimum Gasteiger partial charge on any atom is -0.481 e. The Morgan fingerprint density at radius 3 is 2.46 bits per heavy atom. The number of nitrogens with one attached hydrogen (secondary N) is 1. The number of rotatable bonds is 3. The first-order valence-electron chi connectivity index (χ1n) is 8.97. The number of hydrogen-bond donors (Lipinski definition) is 2. The van der Waals surface area contributed by atoms with Gasteiger partial charge in [0.05, 0.1) is 11.8 Å². The lowest BCUT2D eigenvalue weighted by Gasteiger charge is -2.41. The summed E-state index contributed by atoms with van der Waals surface area (Å²) in [5.41, 5.74) is 3.49. The highest BCUT2D eigenvalue weighted by atomic mass is 16.4. The molecule has 0 aliphatic heterocycles. The molecule has 1 aromatic rings. The lowest BCUT2D eigenvalue weighted by atomic mass is 9.62. The molecule has 24 heavy (non-hydrogen) atoms. The molecule has 0 radical (unpaired) electrons. The van der Waals surface area contributed by atoms with Crippen LogP contribution in [-0.4, -0.2) is 17.0 Å². The van der Waals surface area contributed by atoms with Gasteiger partial charge in [-0.25, -0.2) is 0 Å². The molecule has 6 rings (SSSR count). The molecule has 2 N–H and O–H groups in total. The molecule has 2 fully saturated rings. The van der Waals surface area contributed by atoms with E-state index in [0.717, 1.165) is 24.9 Å². The number of carboxylic acid groups (broad SMARTS) is 1. The number of carboxylic acids is 1. The number of aryl methyl sites for hydroxylation is 2. The number of aliphatic carboxylic acids is 1. The van der Waals surface area contributed by atoms with Crippen LogP contribution in [0.15, 0.2) is 30.4 Å². The van der Waals surface area contributed by atoms with Gasteiger partial charge in [0.2, 0.25) is 5.91 Å². The highest BCUT2D eigenvalue weighted by molar-refractivity contribution is 5.96. The number of amides is 1. The van der Waals surface area contributed by atoms with Crippen LogP contribution in [-0.2, 0) is 22.4 Å². The summed E-state index contributed by atoms with van der Waals surface area (Å²) in [6, 6.07) is 6.11. The van der Waals surface area contributed by atoms with Crippen LogP contribution < -0.4 is 5.32 Å². The zero-order valence-corrected chi connectivity index (χ0v) is 13.4. The quantitative estimate of drug-likeness (QED) is 0.841. The first-order valence-corrected chi connectivity index (χ1v) is 8.97. The van der Waals surface area contributed by atoms with Crippen LogP contribution in [0.3, 0.4) is 0 Å². The van der Waals surface area contributed by atoms with Crippen LogP contribution >= 0.6 is 0 Å². The van der Waals surface area contributed by atoms with Gasteiger partial charge in [-0.1, -0.05) is 18.2 Å². The molecule has 0 aromatic heterocycles. The molecule has 1 aromatic carbocycles. The molecule has 0 heterocycles. The third-order valence-corrected chi connectivity index (χ3v) is 6.61. The summed E-state index contributed by atoms with van der Waals surface area (Å²) in [6.45, 7) is 0. The fourth-order valence-electron chi connectivity index (χ4n) is 5.45. The second kappa shape index (κ2) is 4.95. The Labute approximate surface area is 140 Å². The van der Waals surface area contributed by atoms with Crippen molar-refractivity contribution in [3.63, 3.8) is 0 Å². The van der Waals surface area contributed by atoms with E-state index in [4.69, 9.17) is 0 Å². The Morgan fingerprint density at radius 2 is 1.71 bits per heavy atom. The Bertz CT molecular complexity index is 768. The topological polar surface area (TPSA) is 66.4 Å². The van der Waals surface area contributed by atoms with Crippen molar-refractivity contribution in [2.24, 2.45) is 35.5 Å². The maximum Gasteiger partial charge on any atom is 0.307 e. The third-order valence-electron chi connectivity index (χ3n) is 6.61. The van der Waals surface area contributed by atoms with E-state index in [-0.39, 0.29) is 17.7 Å². The average Bonchev–Trinajstić information content (AvgIpc) is 3.28. The highest BCUT2D eigenvalue weighted by Crippen LogP contribution is 2.63. The number of carbonyl (C=O) groups excluding carboxylic acids is 1. The van der Waals surface area contributed by atoms with Crippen LogP contribution in [0.4, 0.5) is 5.69 Å². The van der Waals surface area contributed by atoms with Crippen LogP contribution in [0.2, 0.25) is 0 Å². The normalized spacial score (nSPS) is 37.7. The number of benzene rings is 1. The lowest BCUT2D eigenvalue weighted by Crippen LogP contribution is -2.48. The summed E-state index contributed by atoms with van der Waals surface area (Å²) >= 11 is 0. The van der Waals surface area contributed by atoms with Crippen molar-refractivity contribution in [2.75, 3.05) is 5.32 Å². The van der Waals surface area contributed by atoms with Crippen molar-refractivity contribution < 1.29 is 14.7 Å². The molecule has 124 valence electrons. The molecular formula is C20H21NO3. The monoisotopic (exact) mass is 323 g/mol. The van der Waals surface area contributed by atoms with Gasteiger partial charge in [-0.2, -0.15) is 0 Å². The van der Waals surface area contributed by atoms with Gasteiger partial charge in [-0.15, -0.1) is 0 Å². The van der Waals surface area contributed by atoms with E-state index >= 15 is 0 Å². The average molecular weight is 323 g/mol. The molecule has 5 aliphatic rings. The Morgan fingerprint density at radius 1 is 1.00 bits per heavy atom. The minimum atomic E-state index is -0.825. The molecule has 5 aliphatic carbocycles. The third kappa shape index (κ3) is 1.98. The van der Waals surface area contributed by atoms with E-state index in [0.29, 0.717) is 11.8 Å². The van der Waals surface area contributed by atoms with E-state index in [1.54, 1.807) is 0 Å². The van der Waals surface area contributed by atoms with Gasteiger partial charge in [0.25, 0.3) is 0 Å². The van der Waals surface area contributed by atoms with Crippen molar-refractivity contribution in [3.05, 3.63) is 41.5 Å². The number of allylic oxidation sites excluding steroid dienone is 2. The Hall–Kier alpha value is -2.10. The van der Waals surface area contributed by atoms with Crippen LogP contribution in [0.25, 0.3) is 0 Å². The summed E-state index contributed by atoms with van der Waals surface area (Å²) in [6.07, 6.45) is 8.59. The van der Waals surface area contributed by atoms with E-state index in [1.807, 2.05) is 6.07 Å². The summed E-state index contributed by atoms with van der Waals surface area (Å²) in [7, 11) is 0. The largest absolute Gasteiger partial charge is 0.481 e. The number of carbonyl (C=O) groups is 2. The van der Waals surface area contributed by atoms with Crippen molar-refractivity contribution in [2.45, 2.75) is 25.7 Å². The maximum absolute atomic E-state index is 12.9. The van der Waals surface area contributed by atoms with Gasteiger partial charge in [0.1, 0.15) is 0 Å². The zero-order chi connectivity index (χ0) is 16.4. The van der Waals surface area contributed by atoms with Gasteiger partial charge in [-0.3, -0.25) is 9.59 Å². The summed E-state index contributed by atoms with van der Waals surface area (Å²) in [5.74, 6) is -0.813. The first kappa shape index (κ1) is 14.3. The molecule has 1 amide bonds. The van der Waals surface area contributed by atoms with Gasteiger partial charge >= 0.3 is 5.97 Å². The molecule has 2 bridgehead atoms. The van der Waals surface area contributed by atoms with Crippen molar-refractivity contribution in [3.8, 4) is 0 Å². The summed E-state index contributed by atoms with van der Waals surface area (Å²) in [4.78, 5) is 24.7. The Balaban J connectivity index is 1.42. The number of anilines is 1. The van der Waals surface area contributed by atoms with Gasteiger partial charge in [0.15, 0.2) is 0 Å². The summed E-state index contributed by atoms with van der Waals surface area (Å²) < 4.78 is 0. The van der Waals surface area contributed by atoms with Crippen molar-refractivity contribution in [1.82, 2.24) is 0 Å². The smallest absolute Gasteiger partial charge is 0.307 e. The maximum atomic E-state index is 12.9. The predicted molar refractivity (Wildman–Crippen MR) is 89.4 cm³/mol. The molecule has 4 nitrogen and oxygen atoms in total. The molecule has 0 unspecified atom stereocenters. The van der Waals surface area contributed by atoms with Crippen LogP contribution in [0.5, 0.6) is 0 Å². The minimum absolute atomic E-state index is 0.0354. The zero-order valence-electron chi connectivity index (χ0n) is 13.4. The van der Waals surface area contributed by atoms with Gasteiger partial charge < -0.3 is 10.4 Å². The van der Waals surface area contributed by atoms with Gasteiger partial charge in [-0.05, 0) is 72.6 Å². The first-order chi connectivity index (χ1) is 11.6. The molecule has 0 spiro atoms. The van der Waals surface area contributed by atoms with Crippen LogP contribution in [0.1, 0.15) is 24.0 Å². The molecule has 2 saturated carbocycles. The SMILES string of the molecule is O=C(O)[C@@H]1[C@H]2C=C[C@@H]([C@@H]3C[C@H]23)[C@@H]1C(=O)Nc1ccc2c(c1)CCC2. The van der Waals surface area contributed by atoms with E-state index in [9.17, 15) is 14.7 Å². The number of hydrogen-bond acceptors (Lipinski definition) is 2. The molecule has 6 atom stereocenters. The molecule has 0 saturated heterocycles. The fourth-order valence-corrected chi connectivity index (χ4v) is 5.45. The fraction of sp³-hybridized carbons (Fsp3) is 0.500. The van der Waals surface area contributed by atoms with E-state index in [2.05, 4.69) is 29.6 Å². The van der Waals surface area contributed by atoms with Crippen molar-refractivity contribution in [1.29, 1.82) is 0 Å². The van der Waals surface area contributed by atoms with E-state index < -0.39 is 17.8 Å². The van der Waals surface area contributed by atoms with Gasteiger partial charge in [0, 0.05) is 5.69 Å². The van der Waals surface area contributed by atoms with Crippen molar-refractivity contribution >= 4 is 17.6 Å². The summed E-state index contributed by atoms with van der Waals surface area (Å²) in [5, 5.41) is 12.7. The molecular weight excluding hydrogens is 302 g/mol. The standard InChI is InChI=1S/C20H21NO3/c22-19(21-12-5-4-10-2-1-3-11(10)8-12)17-13-6-7-14(16-9-15(13)16)18(17)20(23)24/h4-8,13-18H,1-3,9H2,(H,21,22)(H,23,24)/t13-,14-,15-,16+,17-,18+/m0/s1. The van der Waals surface area contributed by atoms with Crippen LogP contribution in [0, 0.1) is 35.5 Å². The molecule has 4 heteroatoms. The lowest BCUT2D eigenvalue weighted by molar-refractivity contribution is -0.152. The van der Waals surface area contributed by atoms with E-state index in [1.165, 1.54) is 17.5 Å². The second-order valence-electron chi connectivity index (χ2n) is 7.82. The number of fused-ring (bicyclic) bond motifs is 2. The highest BCUT2D eigenvalue weighted by Gasteiger charge is 2.62. The second-order valence-corrected chi connectivity index (χ2v) is 7.82.